The Kier molecular flexibility index (Phi) is 7.76. The summed E-state index contributed by atoms with van der Waals surface area (Å²) in [6.07, 6.45) is 2.75. The Hall–Kier alpha value is -4.49. The minimum Gasteiger partial charge on any atom is -0.462 e. The summed E-state index contributed by atoms with van der Waals surface area (Å²) in [4.78, 5) is 42.6. The monoisotopic (exact) mass is 565 g/mol. The fraction of sp³-hybridized carbons (Fsp3) is 0.406. The quantitative estimate of drug-likeness (QED) is 0.400. The minimum atomic E-state index is -0.266. The first-order valence-electron chi connectivity index (χ1n) is 14.5. The number of hydrogen-bond acceptors (Lipinski definition) is 9. The van der Waals surface area contributed by atoms with E-state index in [1.807, 2.05) is 11.9 Å². The van der Waals surface area contributed by atoms with Crippen LogP contribution in [0.25, 0.3) is 10.8 Å². The summed E-state index contributed by atoms with van der Waals surface area (Å²) in [6.45, 7) is 7.35. The maximum atomic E-state index is 12.5. The van der Waals surface area contributed by atoms with Gasteiger partial charge in [-0.15, -0.1) is 0 Å². The molecule has 42 heavy (non-hydrogen) atoms. The van der Waals surface area contributed by atoms with Crippen molar-refractivity contribution in [3.05, 3.63) is 66.4 Å². The first-order valence-corrected chi connectivity index (χ1v) is 14.5. The molecule has 4 heterocycles. The molecule has 2 aromatic carbocycles. The zero-order valence-electron chi connectivity index (χ0n) is 23.9. The van der Waals surface area contributed by atoms with Crippen molar-refractivity contribution in [1.82, 2.24) is 19.8 Å². The van der Waals surface area contributed by atoms with Crippen LogP contribution < -0.4 is 14.5 Å². The van der Waals surface area contributed by atoms with Crippen molar-refractivity contribution in [3.63, 3.8) is 0 Å². The smallest absolute Gasteiger partial charge is 0.318 e. The summed E-state index contributed by atoms with van der Waals surface area (Å²) >= 11 is 0. The lowest BCUT2D eigenvalue weighted by molar-refractivity contribution is -0.128. The van der Waals surface area contributed by atoms with E-state index in [1.165, 1.54) is 16.8 Å². The van der Waals surface area contributed by atoms with Crippen LogP contribution in [0, 0.1) is 11.3 Å². The standard InChI is InChI=1S/C32H35N7O3/c1-3-30(41)39-16-15-38(18-23(39)11-13-33)31-27-12-14-37(29-10-6-8-22-7-4-5-9-26(22)29)20-28(27)34-32(35-31)42-21-24-17-25(40)19-36(24)2/h3-10,23-24H,1,11-12,14-21H2,2H3/t23?,24-/m0/s1. The van der Waals surface area contributed by atoms with E-state index in [4.69, 9.17) is 14.7 Å². The highest BCUT2D eigenvalue weighted by Gasteiger charge is 2.34. The van der Waals surface area contributed by atoms with E-state index in [-0.39, 0.29) is 36.2 Å². The topological polar surface area (TPSA) is 106 Å². The third-order valence-corrected chi connectivity index (χ3v) is 8.61. The molecule has 0 N–H and O–H groups in total. The Bertz CT molecular complexity index is 1560. The molecule has 0 aliphatic carbocycles. The van der Waals surface area contributed by atoms with Crippen LogP contribution in [0.15, 0.2) is 55.1 Å². The van der Waals surface area contributed by atoms with E-state index >= 15 is 0 Å². The molecule has 2 fully saturated rings. The highest BCUT2D eigenvalue weighted by molar-refractivity contribution is 5.94. The Labute approximate surface area is 245 Å². The van der Waals surface area contributed by atoms with Crippen LogP contribution in [-0.4, -0.2) is 89.9 Å². The summed E-state index contributed by atoms with van der Waals surface area (Å²) in [5, 5.41) is 11.9. The SMILES string of the molecule is C=CC(=O)N1CCN(c2nc(OC[C@@H]3CC(=O)CN3C)nc3c2CCN(c2cccc4ccccc24)C3)CC1CC#N. The van der Waals surface area contributed by atoms with Gasteiger partial charge in [-0.25, -0.2) is 0 Å². The molecule has 1 unspecified atom stereocenters. The third-order valence-electron chi connectivity index (χ3n) is 8.61. The molecule has 0 spiro atoms. The number of likely N-dealkylation sites (tertiary alicyclic amines) is 1. The number of aromatic nitrogens is 2. The van der Waals surface area contributed by atoms with Crippen LogP contribution in [0.3, 0.4) is 0 Å². The molecule has 6 rings (SSSR count). The van der Waals surface area contributed by atoms with E-state index in [2.05, 4.69) is 64.9 Å². The number of rotatable bonds is 7. The second kappa shape index (κ2) is 11.8. The van der Waals surface area contributed by atoms with Crippen molar-refractivity contribution < 1.29 is 14.3 Å². The van der Waals surface area contributed by atoms with Crippen molar-refractivity contribution in [1.29, 1.82) is 5.26 Å². The molecular weight excluding hydrogens is 530 g/mol. The predicted octanol–water partition coefficient (Wildman–Crippen LogP) is 2.96. The molecule has 10 heteroatoms. The fourth-order valence-electron chi connectivity index (χ4n) is 6.39. The number of ether oxygens (including phenoxy) is 1. The molecule has 10 nitrogen and oxygen atoms in total. The highest BCUT2D eigenvalue weighted by atomic mass is 16.5. The Morgan fingerprint density at radius 3 is 2.71 bits per heavy atom. The summed E-state index contributed by atoms with van der Waals surface area (Å²) in [7, 11) is 1.93. The molecular formula is C32H35N7O3. The van der Waals surface area contributed by atoms with E-state index in [1.54, 1.807) is 4.90 Å². The number of Topliss-reactive ketones (excluding diaryl/α,β-unsaturated/α-hetero) is 1. The van der Waals surface area contributed by atoms with E-state index in [0.29, 0.717) is 45.8 Å². The summed E-state index contributed by atoms with van der Waals surface area (Å²) in [6, 6.07) is 17.0. The number of nitrogens with zero attached hydrogens (tertiary/aromatic N) is 7. The van der Waals surface area contributed by atoms with Gasteiger partial charge in [0.1, 0.15) is 18.2 Å². The summed E-state index contributed by atoms with van der Waals surface area (Å²) in [5.41, 5.74) is 3.15. The number of benzene rings is 2. The van der Waals surface area contributed by atoms with Crippen LogP contribution in [-0.2, 0) is 22.6 Å². The fourth-order valence-corrected chi connectivity index (χ4v) is 6.39. The van der Waals surface area contributed by atoms with Gasteiger partial charge in [0.15, 0.2) is 0 Å². The summed E-state index contributed by atoms with van der Waals surface area (Å²) in [5.74, 6) is 0.848. The molecule has 216 valence electrons. The summed E-state index contributed by atoms with van der Waals surface area (Å²) < 4.78 is 6.18. The number of amides is 1. The van der Waals surface area contributed by atoms with Crippen LogP contribution in [0.2, 0.25) is 0 Å². The predicted molar refractivity (Wildman–Crippen MR) is 160 cm³/mol. The van der Waals surface area contributed by atoms with Gasteiger partial charge in [-0.2, -0.15) is 15.2 Å². The average molecular weight is 566 g/mol. The van der Waals surface area contributed by atoms with Crippen molar-refractivity contribution in [3.8, 4) is 12.1 Å². The number of carbonyl (C=O) groups is 2. The molecule has 2 saturated heterocycles. The molecule has 2 atom stereocenters. The van der Waals surface area contributed by atoms with E-state index in [9.17, 15) is 14.9 Å². The maximum Gasteiger partial charge on any atom is 0.318 e. The van der Waals surface area contributed by atoms with Gasteiger partial charge in [0.25, 0.3) is 0 Å². The van der Waals surface area contributed by atoms with E-state index in [0.717, 1.165) is 35.7 Å². The van der Waals surface area contributed by atoms with Gasteiger partial charge in [-0.05, 0) is 31.0 Å². The number of fused-ring (bicyclic) bond motifs is 2. The molecule has 3 aliphatic rings. The lowest BCUT2D eigenvalue weighted by atomic mass is 10.0. The average Bonchev–Trinajstić information content (AvgIpc) is 3.34. The Morgan fingerprint density at radius 2 is 1.93 bits per heavy atom. The molecule has 3 aliphatic heterocycles. The van der Waals surface area contributed by atoms with Crippen LogP contribution >= 0.6 is 0 Å². The molecule has 3 aromatic rings. The zero-order chi connectivity index (χ0) is 29.2. The highest BCUT2D eigenvalue weighted by Crippen LogP contribution is 2.35. The number of anilines is 2. The minimum absolute atomic E-state index is 0.0127. The van der Waals surface area contributed by atoms with Gasteiger partial charge in [0, 0.05) is 49.2 Å². The molecule has 1 aromatic heterocycles. The number of likely N-dealkylation sites (N-methyl/N-ethyl adjacent to an activating group) is 1. The van der Waals surface area contributed by atoms with Gasteiger partial charge < -0.3 is 19.4 Å². The molecule has 0 bridgehead atoms. The maximum absolute atomic E-state index is 12.5. The molecule has 0 saturated carbocycles. The normalized spacial score (nSPS) is 20.9. The van der Waals surface area contributed by atoms with Gasteiger partial charge in [-0.1, -0.05) is 43.0 Å². The van der Waals surface area contributed by atoms with Crippen LogP contribution in [0.5, 0.6) is 6.01 Å². The second-order valence-electron chi connectivity index (χ2n) is 11.2. The van der Waals surface area contributed by atoms with E-state index < -0.39 is 0 Å². The first kappa shape index (κ1) is 27.7. The Balaban J connectivity index is 1.33. The number of nitriles is 1. The zero-order valence-corrected chi connectivity index (χ0v) is 23.9. The van der Waals surface area contributed by atoms with Crippen LogP contribution in [0.1, 0.15) is 24.1 Å². The number of piperazine rings is 1. The van der Waals surface area contributed by atoms with Gasteiger partial charge in [0.2, 0.25) is 5.91 Å². The Morgan fingerprint density at radius 1 is 1.10 bits per heavy atom. The van der Waals surface area contributed by atoms with Crippen molar-refractivity contribution in [2.45, 2.75) is 37.9 Å². The van der Waals surface area contributed by atoms with Gasteiger partial charge >= 0.3 is 6.01 Å². The largest absolute Gasteiger partial charge is 0.462 e. The molecule has 1 amide bonds. The van der Waals surface area contributed by atoms with Crippen LogP contribution in [0.4, 0.5) is 11.5 Å². The molecule has 0 radical (unpaired) electrons. The second-order valence-corrected chi connectivity index (χ2v) is 11.2. The van der Waals surface area contributed by atoms with Gasteiger partial charge in [-0.3, -0.25) is 14.5 Å². The first-order chi connectivity index (χ1) is 20.4. The number of ketones is 1. The van der Waals surface area contributed by atoms with Crippen molar-refractivity contribution in [2.24, 2.45) is 0 Å². The third kappa shape index (κ3) is 5.40. The number of hydrogen-bond donors (Lipinski definition) is 0. The number of carbonyl (C=O) groups excluding carboxylic acids is 2. The lowest BCUT2D eigenvalue weighted by Gasteiger charge is -2.42. The van der Waals surface area contributed by atoms with Crippen molar-refractivity contribution in [2.75, 3.05) is 56.2 Å². The van der Waals surface area contributed by atoms with Gasteiger partial charge in [0.05, 0.1) is 43.4 Å². The lowest BCUT2D eigenvalue weighted by Crippen LogP contribution is -2.55. The van der Waals surface area contributed by atoms with Crippen molar-refractivity contribution >= 4 is 34.0 Å².